The summed E-state index contributed by atoms with van der Waals surface area (Å²) in [5.74, 6) is 1.16. The highest BCUT2D eigenvalue weighted by Gasteiger charge is 2.10. The van der Waals surface area contributed by atoms with Crippen LogP contribution in [0.5, 0.6) is 5.75 Å². The van der Waals surface area contributed by atoms with Crippen LogP contribution in [0.25, 0.3) is 0 Å². The van der Waals surface area contributed by atoms with Gasteiger partial charge in [0, 0.05) is 5.69 Å². The average Bonchev–Trinajstić information content (AvgIpc) is 2.40. The van der Waals surface area contributed by atoms with Crippen molar-refractivity contribution in [2.45, 2.75) is 46.5 Å². The van der Waals surface area contributed by atoms with E-state index >= 15 is 0 Å². The molecule has 0 aliphatic carbocycles. The number of aldehydes is 1. The lowest BCUT2D eigenvalue weighted by molar-refractivity contribution is 0.111. The van der Waals surface area contributed by atoms with Gasteiger partial charge < -0.3 is 4.74 Å². The molecule has 0 saturated heterocycles. The van der Waals surface area contributed by atoms with Gasteiger partial charge in [0.2, 0.25) is 0 Å². The van der Waals surface area contributed by atoms with E-state index in [1.165, 1.54) is 19.3 Å². The fraction of sp³-hybridized carbons (Fsp3) is 0.600. The van der Waals surface area contributed by atoms with E-state index in [-0.39, 0.29) is 0 Å². The van der Waals surface area contributed by atoms with Crippen LogP contribution in [0, 0.1) is 12.8 Å². The molecule has 3 heteroatoms. The van der Waals surface area contributed by atoms with Gasteiger partial charge in [-0.25, -0.2) is 4.98 Å². The molecule has 0 spiro atoms. The zero-order chi connectivity index (χ0) is 13.4. The van der Waals surface area contributed by atoms with Crippen molar-refractivity contribution in [1.82, 2.24) is 4.98 Å². The third-order valence-electron chi connectivity index (χ3n) is 3.15. The van der Waals surface area contributed by atoms with Crippen molar-refractivity contribution in [2.75, 3.05) is 6.61 Å². The number of rotatable bonds is 8. The summed E-state index contributed by atoms with van der Waals surface area (Å²) >= 11 is 0. The number of aryl methyl sites for hydroxylation is 1. The maximum atomic E-state index is 10.9. The monoisotopic (exact) mass is 249 g/mol. The Bertz CT molecular complexity index is 377. The first kappa shape index (κ1) is 14.7. The van der Waals surface area contributed by atoms with Gasteiger partial charge in [0.05, 0.1) is 6.61 Å². The van der Waals surface area contributed by atoms with E-state index in [0.29, 0.717) is 24.0 Å². The van der Waals surface area contributed by atoms with Gasteiger partial charge >= 0.3 is 0 Å². The minimum Gasteiger partial charge on any atom is -0.491 e. The molecule has 0 aliphatic heterocycles. The molecule has 0 radical (unpaired) electrons. The summed E-state index contributed by atoms with van der Waals surface area (Å²) < 4.78 is 5.74. The molecule has 3 nitrogen and oxygen atoms in total. The van der Waals surface area contributed by atoms with Crippen molar-refractivity contribution in [3.63, 3.8) is 0 Å². The number of pyridine rings is 1. The molecule has 100 valence electrons. The standard InChI is InChI=1S/C15H23NO2/c1-4-6-7-13(5-2)11-18-15-9-8-12(3)16-14(15)10-17/h8-10,13H,4-7,11H2,1-3H3. The Balaban J connectivity index is 2.58. The second-order valence-corrected chi connectivity index (χ2v) is 4.68. The van der Waals surface area contributed by atoms with Crippen molar-refractivity contribution in [3.8, 4) is 5.75 Å². The Labute approximate surface area is 110 Å². The Hall–Kier alpha value is -1.38. The summed E-state index contributed by atoms with van der Waals surface area (Å²) in [5.41, 5.74) is 1.24. The largest absolute Gasteiger partial charge is 0.491 e. The average molecular weight is 249 g/mol. The first-order valence-electron chi connectivity index (χ1n) is 6.76. The fourth-order valence-electron chi connectivity index (χ4n) is 1.88. The van der Waals surface area contributed by atoms with E-state index in [9.17, 15) is 4.79 Å². The number of nitrogens with zero attached hydrogens (tertiary/aromatic N) is 1. The van der Waals surface area contributed by atoms with Gasteiger partial charge in [0.15, 0.2) is 6.29 Å². The molecule has 0 amide bonds. The van der Waals surface area contributed by atoms with E-state index in [1.54, 1.807) is 0 Å². The van der Waals surface area contributed by atoms with E-state index in [0.717, 1.165) is 18.4 Å². The smallest absolute Gasteiger partial charge is 0.172 e. The molecule has 0 N–H and O–H groups in total. The van der Waals surface area contributed by atoms with Crippen molar-refractivity contribution >= 4 is 6.29 Å². The van der Waals surface area contributed by atoms with Gasteiger partial charge in [0.1, 0.15) is 11.4 Å². The summed E-state index contributed by atoms with van der Waals surface area (Å²) in [6.45, 7) is 6.91. The molecule has 0 bridgehead atoms. The normalized spacial score (nSPS) is 12.2. The summed E-state index contributed by atoms with van der Waals surface area (Å²) in [7, 11) is 0. The number of carbonyl (C=O) groups excluding carboxylic acids is 1. The lowest BCUT2D eigenvalue weighted by atomic mass is 10.0. The minimum absolute atomic E-state index is 0.403. The SMILES string of the molecule is CCCCC(CC)COc1ccc(C)nc1C=O. The first-order valence-corrected chi connectivity index (χ1v) is 6.76. The first-order chi connectivity index (χ1) is 8.71. The van der Waals surface area contributed by atoms with E-state index in [4.69, 9.17) is 4.74 Å². The predicted octanol–water partition coefficient (Wildman–Crippen LogP) is 3.80. The molecule has 1 unspecified atom stereocenters. The molecular weight excluding hydrogens is 226 g/mol. The Kier molecular flexibility index (Phi) is 6.40. The lowest BCUT2D eigenvalue weighted by Crippen LogP contribution is -2.12. The van der Waals surface area contributed by atoms with Crippen LogP contribution in [0.3, 0.4) is 0 Å². The van der Waals surface area contributed by atoms with Crippen LogP contribution in [-0.4, -0.2) is 17.9 Å². The molecule has 18 heavy (non-hydrogen) atoms. The number of hydrogen-bond donors (Lipinski definition) is 0. The summed E-state index contributed by atoms with van der Waals surface area (Å²) in [4.78, 5) is 15.1. The van der Waals surface area contributed by atoms with Crippen LogP contribution >= 0.6 is 0 Å². The zero-order valence-electron chi connectivity index (χ0n) is 11.6. The van der Waals surface area contributed by atoms with Gasteiger partial charge in [-0.2, -0.15) is 0 Å². The van der Waals surface area contributed by atoms with Crippen LogP contribution in [0.4, 0.5) is 0 Å². The maximum absolute atomic E-state index is 10.9. The van der Waals surface area contributed by atoms with Crippen molar-refractivity contribution in [3.05, 3.63) is 23.5 Å². The molecule has 0 aromatic carbocycles. The molecule has 1 rings (SSSR count). The highest BCUT2D eigenvalue weighted by molar-refractivity contribution is 5.76. The van der Waals surface area contributed by atoms with Crippen LogP contribution in [-0.2, 0) is 0 Å². The van der Waals surface area contributed by atoms with E-state index in [2.05, 4.69) is 18.8 Å². The Morgan fingerprint density at radius 1 is 1.39 bits per heavy atom. The van der Waals surface area contributed by atoms with Crippen LogP contribution in [0.1, 0.15) is 55.7 Å². The predicted molar refractivity (Wildman–Crippen MR) is 73.2 cm³/mol. The number of hydrogen-bond acceptors (Lipinski definition) is 3. The second-order valence-electron chi connectivity index (χ2n) is 4.68. The molecule has 1 heterocycles. The minimum atomic E-state index is 0.403. The van der Waals surface area contributed by atoms with Gasteiger partial charge in [-0.1, -0.05) is 33.1 Å². The molecule has 1 aromatic rings. The van der Waals surface area contributed by atoms with Gasteiger partial charge in [-0.3, -0.25) is 4.79 Å². The summed E-state index contributed by atoms with van der Waals surface area (Å²) in [6, 6.07) is 3.70. The van der Waals surface area contributed by atoms with Gasteiger partial charge in [-0.15, -0.1) is 0 Å². The quantitative estimate of drug-likeness (QED) is 0.658. The molecule has 1 atom stereocenters. The summed E-state index contributed by atoms with van der Waals surface area (Å²) in [6.07, 6.45) is 5.49. The van der Waals surface area contributed by atoms with Gasteiger partial charge in [0.25, 0.3) is 0 Å². The van der Waals surface area contributed by atoms with Crippen molar-refractivity contribution in [2.24, 2.45) is 5.92 Å². The highest BCUT2D eigenvalue weighted by atomic mass is 16.5. The van der Waals surface area contributed by atoms with Crippen LogP contribution in [0.2, 0.25) is 0 Å². The number of ether oxygens (including phenoxy) is 1. The number of carbonyl (C=O) groups is 1. The van der Waals surface area contributed by atoms with Crippen LogP contribution < -0.4 is 4.74 Å². The molecule has 1 aromatic heterocycles. The highest BCUT2D eigenvalue weighted by Crippen LogP contribution is 2.19. The molecule has 0 saturated carbocycles. The second kappa shape index (κ2) is 7.85. The number of aromatic nitrogens is 1. The topological polar surface area (TPSA) is 39.2 Å². The third kappa shape index (κ3) is 4.47. The Morgan fingerprint density at radius 2 is 2.17 bits per heavy atom. The molecule has 0 aliphatic rings. The number of unbranched alkanes of at least 4 members (excludes halogenated alkanes) is 1. The van der Waals surface area contributed by atoms with Crippen LogP contribution in [0.15, 0.2) is 12.1 Å². The molecule has 0 fully saturated rings. The Morgan fingerprint density at radius 3 is 2.78 bits per heavy atom. The fourth-order valence-corrected chi connectivity index (χ4v) is 1.88. The lowest BCUT2D eigenvalue weighted by Gasteiger charge is -2.16. The van der Waals surface area contributed by atoms with E-state index < -0.39 is 0 Å². The van der Waals surface area contributed by atoms with Crippen molar-refractivity contribution < 1.29 is 9.53 Å². The van der Waals surface area contributed by atoms with Crippen molar-refractivity contribution in [1.29, 1.82) is 0 Å². The van der Waals surface area contributed by atoms with Gasteiger partial charge in [-0.05, 0) is 31.4 Å². The zero-order valence-corrected chi connectivity index (χ0v) is 11.6. The molecular formula is C15H23NO2. The maximum Gasteiger partial charge on any atom is 0.172 e. The summed E-state index contributed by atoms with van der Waals surface area (Å²) in [5, 5.41) is 0. The van der Waals surface area contributed by atoms with E-state index in [1.807, 2.05) is 19.1 Å². The third-order valence-corrected chi connectivity index (χ3v) is 3.15.